The van der Waals surface area contributed by atoms with Crippen LogP contribution >= 0.6 is 0 Å². The number of amides is 1. The molecule has 1 amide bonds. The van der Waals surface area contributed by atoms with E-state index in [1.807, 2.05) is 0 Å². The molecule has 2 aliphatic carbocycles. The van der Waals surface area contributed by atoms with E-state index in [2.05, 4.69) is 27.5 Å². The minimum absolute atomic E-state index is 0.0664. The first-order valence-electron chi connectivity index (χ1n) is 9.35. The average molecular weight is 347 g/mol. The number of hydrogen-bond acceptors (Lipinski definition) is 6. The fraction of sp³-hybridized carbons (Fsp3) is 0.722. The lowest BCUT2D eigenvalue weighted by Crippen LogP contribution is -2.38. The second-order valence-corrected chi connectivity index (χ2v) is 7.72. The molecule has 0 radical (unpaired) electrons. The average Bonchev–Trinajstić information content (AvgIpc) is 2.57. The second-order valence-electron chi connectivity index (χ2n) is 7.72. The van der Waals surface area contributed by atoms with Crippen molar-refractivity contribution in [1.82, 2.24) is 9.97 Å². The predicted octanol–water partition coefficient (Wildman–Crippen LogP) is 2.43. The van der Waals surface area contributed by atoms with Crippen molar-refractivity contribution in [2.75, 3.05) is 10.6 Å². The number of nitrogens with two attached hydrogens (primary N) is 1. The molecule has 0 atom stereocenters. The molecule has 0 bridgehead atoms. The van der Waals surface area contributed by atoms with E-state index >= 15 is 0 Å². The molecule has 7 heteroatoms. The van der Waals surface area contributed by atoms with Crippen molar-refractivity contribution in [2.24, 2.45) is 5.73 Å². The van der Waals surface area contributed by atoms with Crippen LogP contribution in [0.25, 0.3) is 0 Å². The number of anilines is 2. The summed E-state index contributed by atoms with van der Waals surface area (Å²) in [5.74, 6) is 0.507. The summed E-state index contributed by atoms with van der Waals surface area (Å²) in [5, 5.41) is 16.4. The highest BCUT2D eigenvalue weighted by Gasteiger charge is 2.29. The van der Waals surface area contributed by atoms with Crippen molar-refractivity contribution >= 4 is 17.7 Å². The molecular weight excluding hydrogens is 318 g/mol. The van der Waals surface area contributed by atoms with E-state index < -0.39 is 5.91 Å². The molecule has 0 saturated heterocycles. The molecular formula is C18H29N5O2. The van der Waals surface area contributed by atoms with Gasteiger partial charge in [-0.3, -0.25) is 4.79 Å². The fourth-order valence-electron chi connectivity index (χ4n) is 3.87. The molecule has 138 valence electrons. The van der Waals surface area contributed by atoms with Gasteiger partial charge in [0.1, 0.15) is 5.82 Å². The first kappa shape index (κ1) is 17.9. The molecule has 25 heavy (non-hydrogen) atoms. The van der Waals surface area contributed by atoms with E-state index in [0.717, 1.165) is 38.5 Å². The zero-order valence-electron chi connectivity index (χ0n) is 14.9. The molecule has 5 N–H and O–H groups in total. The Morgan fingerprint density at radius 3 is 2.56 bits per heavy atom. The molecule has 1 aromatic heterocycles. The van der Waals surface area contributed by atoms with Gasteiger partial charge in [0, 0.05) is 17.8 Å². The second kappa shape index (κ2) is 7.56. The Kier molecular flexibility index (Phi) is 5.42. The zero-order chi connectivity index (χ0) is 17.9. The highest BCUT2D eigenvalue weighted by molar-refractivity contribution is 5.97. The van der Waals surface area contributed by atoms with Crippen molar-refractivity contribution in [3.8, 4) is 0 Å². The highest BCUT2D eigenvalue weighted by atomic mass is 16.3. The van der Waals surface area contributed by atoms with Crippen LogP contribution in [0.15, 0.2) is 6.20 Å². The quantitative estimate of drug-likeness (QED) is 0.650. The minimum Gasteiger partial charge on any atom is -0.393 e. The molecule has 1 heterocycles. The SMILES string of the molecule is CC1(Nc2nc(NC3CCC(O)CC3)ncc2C(N)=O)CCCCC1. The molecule has 2 saturated carbocycles. The normalized spacial score (nSPS) is 26.0. The lowest BCUT2D eigenvalue weighted by atomic mass is 9.83. The van der Waals surface area contributed by atoms with Crippen LogP contribution < -0.4 is 16.4 Å². The topological polar surface area (TPSA) is 113 Å². The number of aromatic nitrogens is 2. The van der Waals surface area contributed by atoms with Crippen LogP contribution in [0.1, 0.15) is 75.1 Å². The van der Waals surface area contributed by atoms with Crippen LogP contribution in [0.2, 0.25) is 0 Å². The third kappa shape index (κ3) is 4.60. The molecule has 3 rings (SSSR count). The molecule has 1 aromatic rings. The van der Waals surface area contributed by atoms with Gasteiger partial charge in [-0.2, -0.15) is 4.98 Å². The Hall–Kier alpha value is -1.89. The van der Waals surface area contributed by atoms with E-state index in [1.165, 1.54) is 25.5 Å². The number of primary amides is 1. The first-order valence-corrected chi connectivity index (χ1v) is 9.35. The number of aliphatic hydroxyl groups excluding tert-OH is 1. The summed E-state index contributed by atoms with van der Waals surface area (Å²) < 4.78 is 0. The van der Waals surface area contributed by atoms with Crippen molar-refractivity contribution in [1.29, 1.82) is 0 Å². The summed E-state index contributed by atoms with van der Waals surface area (Å²) in [6, 6.07) is 0.251. The van der Waals surface area contributed by atoms with Crippen molar-refractivity contribution in [3.05, 3.63) is 11.8 Å². The molecule has 2 fully saturated rings. The Morgan fingerprint density at radius 1 is 1.24 bits per heavy atom. The van der Waals surface area contributed by atoms with Crippen molar-refractivity contribution in [3.63, 3.8) is 0 Å². The lowest BCUT2D eigenvalue weighted by Gasteiger charge is -2.35. The number of aliphatic hydroxyl groups is 1. The predicted molar refractivity (Wildman–Crippen MR) is 97.5 cm³/mol. The molecule has 0 unspecified atom stereocenters. The van der Waals surface area contributed by atoms with Crippen LogP contribution in [0.5, 0.6) is 0 Å². The highest BCUT2D eigenvalue weighted by Crippen LogP contribution is 2.32. The molecule has 0 aliphatic heterocycles. The summed E-state index contributed by atoms with van der Waals surface area (Å²) in [7, 11) is 0. The number of carbonyl (C=O) groups is 1. The van der Waals surface area contributed by atoms with Crippen LogP contribution in [0.4, 0.5) is 11.8 Å². The summed E-state index contributed by atoms with van der Waals surface area (Å²) in [6.45, 7) is 2.18. The van der Waals surface area contributed by atoms with Gasteiger partial charge in [0.2, 0.25) is 5.95 Å². The Balaban J connectivity index is 1.76. The van der Waals surface area contributed by atoms with Gasteiger partial charge in [-0.25, -0.2) is 4.98 Å². The van der Waals surface area contributed by atoms with Crippen LogP contribution in [-0.4, -0.2) is 38.7 Å². The zero-order valence-corrected chi connectivity index (χ0v) is 14.9. The summed E-state index contributed by atoms with van der Waals surface area (Å²) in [6.07, 6.45) is 10.4. The van der Waals surface area contributed by atoms with Gasteiger partial charge in [-0.15, -0.1) is 0 Å². The monoisotopic (exact) mass is 347 g/mol. The number of nitrogens with zero attached hydrogens (tertiary/aromatic N) is 2. The van der Waals surface area contributed by atoms with E-state index in [0.29, 0.717) is 17.3 Å². The van der Waals surface area contributed by atoms with Crippen LogP contribution in [0.3, 0.4) is 0 Å². The largest absolute Gasteiger partial charge is 0.393 e. The van der Waals surface area contributed by atoms with Gasteiger partial charge in [0.25, 0.3) is 5.91 Å². The number of nitrogens with one attached hydrogen (secondary N) is 2. The van der Waals surface area contributed by atoms with Crippen LogP contribution in [0, 0.1) is 0 Å². The van der Waals surface area contributed by atoms with Gasteiger partial charge in [0.05, 0.1) is 11.7 Å². The standard InChI is InChI=1S/C18H29N5O2/c1-18(9-3-2-4-10-18)23-16-14(15(19)25)11-20-17(22-16)21-12-5-7-13(24)8-6-12/h11-13,24H,2-10H2,1H3,(H2,19,25)(H2,20,21,22,23). The summed E-state index contributed by atoms with van der Waals surface area (Å²) in [5.41, 5.74) is 5.77. The van der Waals surface area contributed by atoms with E-state index in [1.54, 1.807) is 0 Å². The summed E-state index contributed by atoms with van der Waals surface area (Å²) >= 11 is 0. The van der Waals surface area contributed by atoms with E-state index in [-0.39, 0.29) is 17.7 Å². The lowest BCUT2D eigenvalue weighted by molar-refractivity contribution is 0.1000. The number of carbonyl (C=O) groups excluding carboxylic acids is 1. The molecule has 2 aliphatic rings. The van der Waals surface area contributed by atoms with Gasteiger partial charge in [-0.05, 0) is 45.4 Å². The maximum absolute atomic E-state index is 11.8. The van der Waals surface area contributed by atoms with E-state index in [4.69, 9.17) is 5.73 Å². The molecule has 7 nitrogen and oxygen atoms in total. The van der Waals surface area contributed by atoms with Gasteiger partial charge >= 0.3 is 0 Å². The summed E-state index contributed by atoms with van der Waals surface area (Å²) in [4.78, 5) is 20.6. The van der Waals surface area contributed by atoms with Crippen molar-refractivity contribution < 1.29 is 9.90 Å². The smallest absolute Gasteiger partial charge is 0.254 e. The van der Waals surface area contributed by atoms with Crippen molar-refractivity contribution in [2.45, 2.75) is 82.4 Å². The Bertz CT molecular complexity index is 607. The molecule has 0 spiro atoms. The Morgan fingerprint density at radius 2 is 1.92 bits per heavy atom. The third-order valence-corrected chi connectivity index (χ3v) is 5.46. The van der Waals surface area contributed by atoms with Gasteiger partial charge < -0.3 is 21.5 Å². The minimum atomic E-state index is -0.519. The number of hydrogen-bond donors (Lipinski definition) is 4. The van der Waals surface area contributed by atoms with Gasteiger partial charge in [0.15, 0.2) is 0 Å². The van der Waals surface area contributed by atoms with Crippen LogP contribution in [-0.2, 0) is 0 Å². The Labute approximate surface area is 148 Å². The fourth-order valence-corrected chi connectivity index (χ4v) is 3.87. The maximum atomic E-state index is 11.8. The molecule has 0 aromatic carbocycles. The van der Waals surface area contributed by atoms with E-state index in [9.17, 15) is 9.90 Å². The maximum Gasteiger partial charge on any atom is 0.254 e. The third-order valence-electron chi connectivity index (χ3n) is 5.46. The first-order chi connectivity index (χ1) is 12.0. The van der Waals surface area contributed by atoms with Gasteiger partial charge in [-0.1, -0.05) is 19.3 Å². The number of rotatable bonds is 5.